The van der Waals surface area contributed by atoms with Gasteiger partial charge in [0.2, 0.25) is 5.91 Å². The van der Waals surface area contributed by atoms with E-state index in [9.17, 15) is 9.59 Å². The van der Waals surface area contributed by atoms with E-state index in [1.54, 1.807) is 34.9 Å². The molecule has 0 spiro atoms. The molecule has 0 saturated heterocycles. The molecule has 0 atom stereocenters. The summed E-state index contributed by atoms with van der Waals surface area (Å²) in [6, 6.07) is 21.8. The second-order valence-corrected chi connectivity index (χ2v) is 8.39. The normalized spacial score (nSPS) is 11.0. The van der Waals surface area contributed by atoms with Crippen molar-refractivity contribution in [3.63, 3.8) is 0 Å². The summed E-state index contributed by atoms with van der Waals surface area (Å²) in [5.41, 5.74) is 11.1. The summed E-state index contributed by atoms with van der Waals surface area (Å²) >= 11 is 6.25. The van der Waals surface area contributed by atoms with Gasteiger partial charge in [0.1, 0.15) is 16.9 Å². The van der Waals surface area contributed by atoms with Crippen molar-refractivity contribution in [2.45, 2.75) is 13.5 Å². The fraction of sp³-hybridized carbons (Fsp3) is 0.0769. The van der Waals surface area contributed by atoms with E-state index in [0.717, 1.165) is 5.56 Å². The summed E-state index contributed by atoms with van der Waals surface area (Å²) in [6.45, 7) is 1.68. The molecule has 35 heavy (non-hydrogen) atoms. The zero-order chi connectivity index (χ0) is 24.5. The standard InChI is InChI=1S/C26H21ClN6O2/c1-15(34)30-17-10-12-18(13-11-17)33-24(28)22(26(35)29-14-16-6-2-3-7-19(16)27)23-25(33)32-21-9-5-4-8-20(21)31-23/h2-13H,14,28H2,1H3,(H,29,35)(H,30,34). The van der Waals surface area contributed by atoms with Crippen molar-refractivity contribution in [1.82, 2.24) is 19.9 Å². The van der Waals surface area contributed by atoms with Crippen LogP contribution in [-0.2, 0) is 11.3 Å². The fourth-order valence-electron chi connectivity index (χ4n) is 3.95. The molecule has 0 radical (unpaired) electrons. The average Bonchev–Trinajstić information content (AvgIpc) is 3.12. The molecule has 2 heterocycles. The van der Waals surface area contributed by atoms with Crippen molar-refractivity contribution in [3.8, 4) is 5.69 Å². The number of hydrogen-bond donors (Lipinski definition) is 3. The Morgan fingerprint density at radius 1 is 0.943 bits per heavy atom. The number of nitrogens with one attached hydrogen (secondary N) is 2. The van der Waals surface area contributed by atoms with Crippen LogP contribution in [0, 0.1) is 0 Å². The molecule has 0 aliphatic heterocycles. The van der Waals surface area contributed by atoms with E-state index in [4.69, 9.17) is 27.3 Å². The lowest BCUT2D eigenvalue weighted by atomic mass is 10.2. The van der Waals surface area contributed by atoms with Crippen LogP contribution in [0.1, 0.15) is 22.8 Å². The lowest BCUT2D eigenvalue weighted by molar-refractivity contribution is -0.114. The first-order valence-corrected chi connectivity index (χ1v) is 11.3. The maximum atomic E-state index is 13.4. The van der Waals surface area contributed by atoms with Crippen LogP contribution in [0.4, 0.5) is 11.5 Å². The molecule has 2 aromatic heterocycles. The van der Waals surface area contributed by atoms with Crippen LogP contribution in [0.25, 0.3) is 27.9 Å². The van der Waals surface area contributed by atoms with Crippen LogP contribution in [0.3, 0.4) is 0 Å². The van der Waals surface area contributed by atoms with Gasteiger partial charge in [-0.3, -0.25) is 14.2 Å². The molecular weight excluding hydrogens is 464 g/mol. The predicted octanol–water partition coefficient (Wildman–Crippen LogP) is 4.70. The number of hydrogen-bond acceptors (Lipinski definition) is 5. The Bertz CT molecular complexity index is 1590. The van der Waals surface area contributed by atoms with Crippen LogP contribution >= 0.6 is 11.6 Å². The molecule has 0 bridgehead atoms. The van der Waals surface area contributed by atoms with Crippen molar-refractivity contribution in [3.05, 3.63) is 88.9 Å². The number of para-hydroxylation sites is 2. The second-order valence-electron chi connectivity index (χ2n) is 7.98. The molecule has 4 N–H and O–H groups in total. The summed E-state index contributed by atoms with van der Waals surface area (Å²) in [4.78, 5) is 34.2. The largest absolute Gasteiger partial charge is 0.384 e. The maximum absolute atomic E-state index is 13.4. The van der Waals surface area contributed by atoms with Gasteiger partial charge in [-0.25, -0.2) is 9.97 Å². The first-order chi connectivity index (χ1) is 16.9. The Labute approximate surface area is 205 Å². The Morgan fingerprint density at radius 2 is 1.60 bits per heavy atom. The van der Waals surface area contributed by atoms with Crippen LogP contribution < -0.4 is 16.4 Å². The number of fused-ring (bicyclic) bond motifs is 2. The molecular formula is C26H21ClN6O2. The third kappa shape index (κ3) is 4.27. The minimum absolute atomic E-state index is 0.168. The second kappa shape index (κ2) is 9.08. The van der Waals surface area contributed by atoms with Gasteiger partial charge in [-0.1, -0.05) is 41.9 Å². The Kier molecular flexibility index (Phi) is 5.80. The van der Waals surface area contributed by atoms with Gasteiger partial charge in [0, 0.05) is 29.9 Å². The van der Waals surface area contributed by atoms with Gasteiger partial charge >= 0.3 is 0 Å². The van der Waals surface area contributed by atoms with Gasteiger partial charge < -0.3 is 16.4 Å². The van der Waals surface area contributed by atoms with Gasteiger partial charge in [0.25, 0.3) is 5.91 Å². The highest BCUT2D eigenvalue weighted by Gasteiger charge is 2.25. The van der Waals surface area contributed by atoms with E-state index < -0.39 is 0 Å². The summed E-state index contributed by atoms with van der Waals surface area (Å²) in [5, 5.41) is 6.20. The summed E-state index contributed by atoms with van der Waals surface area (Å²) in [5.74, 6) is -0.344. The van der Waals surface area contributed by atoms with Crippen LogP contribution in [0.15, 0.2) is 72.8 Å². The highest BCUT2D eigenvalue weighted by Crippen LogP contribution is 2.31. The predicted molar refractivity (Wildman–Crippen MR) is 138 cm³/mol. The highest BCUT2D eigenvalue weighted by atomic mass is 35.5. The minimum atomic E-state index is -0.384. The number of nitrogens with two attached hydrogens (primary N) is 1. The fourth-order valence-corrected chi connectivity index (χ4v) is 4.15. The van der Waals surface area contributed by atoms with E-state index in [-0.39, 0.29) is 29.7 Å². The molecule has 2 amide bonds. The molecule has 0 aliphatic rings. The van der Waals surface area contributed by atoms with Crippen molar-refractivity contribution >= 4 is 57.1 Å². The molecule has 8 nitrogen and oxygen atoms in total. The Morgan fingerprint density at radius 3 is 2.29 bits per heavy atom. The number of carbonyl (C=O) groups is 2. The zero-order valence-corrected chi connectivity index (χ0v) is 19.5. The van der Waals surface area contributed by atoms with E-state index in [1.165, 1.54) is 6.92 Å². The molecule has 3 aromatic carbocycles. The third-order valence-corrected chi connectivity index (χ3v) is 5.94. The lowest BCUT2D eigenvalue weighted by Crippen LogP contribution is -2.24. The number of anilines is 2. The van der Waals surface area contributed by atoms with E-state index in [1.807, 2.05) is 42.5 Å². The molecule has 174 valence electrons. The molecule has 0 unspecified atom stereocenters. The van der Waals surface area contributed by atoms with E-state index in [2.05, 4.69) is 10.6 Å². The third-order valence-electron chi connectivity index (χ3n) is 5.57. The SMILES string of the molecule is CC(=O)Nc1ccc(-n2c(N)c(C(=O)NCc3ccccc3Cl)c3nc4ccccc4nc32)cc1. The molecule has 0 aliphatic carbocycles. The quantitative estimate of drug-likeness (QED) is 0.334. The van der Waals surface area contributed by atoms with Crippen LogP contribution in [-0.4, -0.2) is 26.3 Å². The van der Waals surface area contributed by atoms with E-state index >= 15 is 0 Å². The number of aromatic nitrogens is 3. The number of nitrogen functional groups attached to an aromatic ring is 1. The topological polar surface area (TPSA) is 115 Å². The lowest BCUT2D eigenvalue weighted by Gasteiger charge is -2.10. The van der Waals surface area contributed by atoms with Gasteiger partial charge in [-0.05, 0) is 48.0 Å². The van der Waals surface area contributed by atoms with Gasteiger partial charge in [-0.15, -0.1) is 0 Å². The Balaban J connectivity index is 1.62. The number of rotatable bonds is 5. The molecule has 5 rings (SSSR count). The minimum Gasteiger partial charge on any atom is -0.384 e. The summed E-state index contributed by atoms with van der Waals surface area (Å²) < 4.78 is 1.69. The monoisotopic (exact) mass is 484 g/mol. The maximum Gasteiger partial charge on any atom is 0.257 e. The summed E-state index contributed by atoms with van der Waals surface area (Å²) in [7, 11) is 0. The van der Waals surface area contributed by atoms with Crippen molar-refractivity contribution in [1.29, 1.82) is 0 Å². The average molecular weight is 485 g/mol. The van der Waals surface area contributed by atoms with Gasteiger partial charge in [0.15, 0.2) is 5.65 Å². The highest BCUT2D eigenvalue weighted by molar-refractivity contribution is 6.31. The van der Waals surface area contributed by atoms with Crippen LogP contribution in [0.2, 0.25) is 5.02 Å². The van der Waals surface area contributed by atoms with Crippen LogP contribution in [0.5, 0.6) is 0 Å². The zero-order valence-electron chi connectivity index (χ0n) is 18.7. The smallest absolute Gasteiger partial charge is 0.257 e. The first kappa shape index (κ1) is 22.4. The number of nitrogens with zero attached hydrogens (tertiary/aromatic N) is 3. The number of carbonyl (C=O) groups excluding carboxylic acids is 2. The molecule has 5 aromatic rings. The van der Waals surface area contributed by atoms with E-state index in [0.29, 0.717) is 38.6 Å². The number of amides is 2. The Hall–Kier alpha value is -4.43. The van der Waals surface area contributed by atoms with Crippen molar-refractivity contribution < 1.29 is 9.59 Å². The van der Waals surface area contributed by atoms with Gasteiger partial charge in [-0.2, -0.15) is 0 Å². The molecule has 0 fully saturated rings. The van der Waals surface area contributed by atoms with Crippen molar-refractivity contribution in [2.75, 3.05) is 11.1 Å². The number of benzene rings is 3. The molecule has 9 heteroatoms. The number of halogens is 1. The van der Waals surface area contributed by atoms with Gasteiger partial charge in [0.05, 0.1) is 11.0 Å². The first-order valence-electron chi connectivity index (χ1n) is 10.9. The summed E-state index contributed by atoms with van der Waals surface area (Å²) in [6.07, 6.45) is 0. The molecule has 0 saturated carbocycles. The van der Waals surface area contributed by atoms with Crippen molar-refractivity contribution in [2.24, 2.45) is 0 Å².